The number of halogens is 2. The van der Waals surface area contributed by atoms with Crippen LogP contribution in [0.25, 0.3) is 0 Å². The van der Waals surface area contributed by atoms with E-state index in [1.807, 2.05) is 0 Å². The number of hydrogen-bond donors (Lipinski definition) is 1. The number of rotatable bonds is 3. The van der Waals surface area contributed by atoms with E-state index >= 15 is 0 Å². The second-order valence-electron chi connectivity index (χ2n) is 4.39. The monoisotopic (exact) mass is 314 g/mol. The molecule has 1 fully saturated rings. The molecule has 0 bridgehead atoms. The van der Waals surface area contributed by atoms with E-state index in [9.17, 15) is 14.7 Å². The van der Waals surface area contributed by atoms with Crippen molar-refractivity contribution in [1.29, 1.82) is 0 Å². The van der Waals surface area contributed by atoms with E-state index in [2.05, 4.69) is 0 Å². The highest BCUT2D eigenvalue weighted by atomic mass is 35.5. The van der Waals surface area contributed by atoms with E-state index in [-0.39, 0.29) is 47.4 Å². The number of aliphatic hydroxyl groups excluding tert-OH is 1. The summed E-state index contributed by atoms with van der Waals surface area (Å²) in [6.07, 6.45) is 1.07. The van der Waals surface area contributed by atoms with Gasteiger partial charge in [0.2, 0.25) is 0 Å². The van der Waals surface area contributed by atoms with Crippen molar-refractivity contribution in [3.8, 4) is 5.75 Å². The molecule has 1 aromatic rings. The fourth-order valence-corrected chi connectivity index (χ4v) is 2.41. The smallest absolute Gasteiger partial charge is 0.169 e. The molecule has 20 heavy (non-hydrogen) atoms. The second kappa shape index (κ2) is 6.29. The van der Waals surface area contributed by atoms with Crippen molar-refractivity contribution in [3.63, 3.8) is 0 Å². The van der Waals surface area contributed by atoms with Crippen molar-refractivity contribution >= 4 is 34.8 Å². The molecule has 0 aromatic heterocycles. The lowest BCUT2D eigenvalue weighted by Crippen LogP contribution is -2.22. The predicted molar refractivity (Wildman–Crippen MR) is 75.5 cm³/mol. The van der Waals surface area contributed by atoms with Crippen LogP contribution in [0.2, 0.25) is 10.0 Å². The predicted octanol–water partition coefficient (Wildman–Crippen LogP) is 3.51. The van der Waals surface area contributed by atoms with Crippen molar-refractivity contribution < 1.29 is 19.4 Å². The van der Waals surface area contributed by atoms with Crippen LogP contribution in [0.15, 0.2) is 29.5 Å². The average molecular weight is 315 g/mol. The highest BCUT2D eigenvalue weighted by Crippen LogP contribution is 2.28. The molecule has 1 aliphatic carbocycles. The number of hydrogen-bond acceptors (Lipinski definition) is 4. The number of Topliss-reactive ketones (excluding diaryl/α,β-unsaturated/α-hetero) is 2. The summed E-state index contributed by atoms with van der Waals surface area (Å²) in [6.45, 7) is -0.284. The largest absolute Gasteiger partial charge is 0.508 e. The molecule has 0 amide bonds. The molecule has 0 unspecified atom stereocenters. The Morgan fingerprint density at radius 2 is 1.85 bits per heavy atom. The Balaban J connectivity index is 2.13. The third kappa shape index (κ3) is 3.32. The summed E-state index contributed by atoms with van der Waals surface area (Å²) in [4.78, 5) is 23.3. The van der Waals surface area contributed by atoms with Crippen LogP contribution in [-0.2, 0) is 9.59 Å². The van der Waals surface area contributed by atoms with Gasteiger partial charge in [0.15, 0.2) is 11.6 Å². The van der Waals surface area contributed by atoms with Gasteiger partial charge >= 0.3 is 0 Å². The molecule has 1 saturated carbocycles. The maximum Gasteiger partial charge on any atom is 0.169 e. The van der Waals surface area contributed by atoms with Gasteiger partial charge in [-0.15, -0.1) is 0 Å². The highest BCUT2D eigenvalue weighted by Gasteiger charge is 2.27. The van der Waals surface area contributed by atoms with Gasteiger partial charge in [-0.1, -0.05) is 23.2 Å². The molecule has 0 aliphatic heterocycles. The Labute approximate surface area is 125 Å². The first-order valence-corrected chi connectivity index (χ1v) is 6.81. The van der Waals surface area contributed by atoms with Gasteiger partial charge in [-0.3, -0.25) is 9.59 Å². The summed E-state index contributed by atoms with van der Waals surface area (Å²) < 4.78 is 5.30. The Bertz CT molecular complexity index is 575. The zero-order chi connectivity index (χ0) is 14.7. The maximum atomic E-state index is 11.6. The van der Waals surface area contributed by atoms with E-state index in [0.29, 0.717) is 17.2 Å². The lowest BCUT2D eigenvalue weighted by atomic mass is 9.91. The van der Waals surface area contributed by atoms with Crippen LogP contribution in [0.1, 0.15) is 19.3 Å². The number of carbonyl (C=O) groups excluding carboxylic acids is 2. The van der Waals surface area contributed by atoms with Crippen molar-refractivity contribution in [2.75, 3.05) is 6.61 Å². The lowest BCUT2D eigenvalue weighted by Gasteiger charge is -2.14. The minimum atomic E-state index is -0.356. The SMILES string of the molecule is O=C1CCCC(=O)C1=C(O)COc1ccc(Cl)cc1Cl. The van der Waals surface area contributed by atoms with Gasteiger partial charge in [0, 0.05) is 17.9 Å². The highest BCUT2D eigenvalue weighted by molar-refractivity contribution is 6.35. The van der Waals surface area contributed by atoms with Crippen LogP contribution in [0, 0.1) is 0 Å². The van der Waals surface area contributed by atoms with Crippen LogP contribution >= 0.6 is 23.2 Å². The molecule has 0 spiro atoms. The molecule has 1 aromatic carbocycles. The first-order chi connectivity index (χ1) is 9.49. The molecular weight excluding hydrogens is 303 g/mol. The standard InChI is InChI=1S/C14H12Cl2O4/c15-8-4-5-13(9(16)6-8)20-7-12(19)14-10(17)2-1-3-11(14)18/h4-6,19H,1-3,7H2. The Morgan fingerprint density at radius 1 is 1.20 bits per heavy atom. The van der Waals surface area contributed by atoms with E-state index in [1.165, 1.54) is 6.07 Å². The van der Waals surface area contributed by atoms with E-state index in [1.54, 1.807) is 12.1 Å². The number of benzene rings is 1. The van der Waals surface area contributed by atoms with Gasteiger partial charge in [-0.25, -0.2) is 0 Å². The number of ether oxygens (including phenoxy) is 1. The number of ketones is 2. The summed E-state index contributed by atoms with van der Waals surface area (Å²) in [6, 6.07) is 4.64. The second-order valence-corrected chi connectivity index (χ2v) is 5.23. The van der Waals surface area contributed by atoms with Crippen LogP contribution in [-0.4, -0.2) is 23.3 Å². The van der Waals surface area contributed by atoms with E-state index < -0.39 is 0 Å². The van der Waals surface area contributed by atoms with Gasteiger partial charge < -0.3 is 9.84 Å². The quantitative estimate of drug-likeness (QED) is 0.527. The van der Waals surface area contributed by atoms with E-state index in [4.69, 9.17) is 27.9 Å². The molecule has 1 N–H and O–H groups in total. The Morgan fingerprint density at radius 3 is 2.45 bits per heavy atom. The zero-order valence-electron chi connectivity index (χ0n) is 10.5. The van der Waals surface area contributed by atoms with Crippen molar-refractivity contribution in [3.05, 3.63) is 39.6 Å². The van der Waals surface area contributed by atoms with Gasteiger partial charge in [0.1, 0.15) is 23.7 Å². The molecule has 4 nitrogen and oxygen atoms in total. The fourth-order valence-electron chi connectivity index (χ4n) is 1.95. The third-order valence-electron chi connectivity index (χ3n) is 2.91. The topological polar surface area (TPSA) is 63.6 Å². The lowest BCUT2D eigenvalue weighted by molar-refractivity contribution is -0.124. The summed E-state index contributed by atoms with van der Waals surface area (Å²) in [5.74, 6) is -0.723. The van der Waals surface area contributed by atoms with Crippen molar-refractivity contribution in [2.45, 2.75) is 19.3 Å². The summed E-state index contributed by atoms with van der Waals surface area (Å²) in [5, 5.41) is 10.6. The van der Waals surface area contributed by atoms with Gasteiger partial charge in [-0.2, -0.15) is 0 Å². The fraction of sp³-hybridized carbons (Fsp3) is 0.286. The minimum absolute atomic E-state index is 0.152. The molecule has 1 aliphatic rings. The molecule has 0 atom stereocenters. The van der Waals surface area contributed by atoms with Gasteiger partial charge in [0.05, 0.1) is 5.02 Å². The van der Waals surface area contributed by atoms with Crippen LogP contribution in [0.3, 0.4) is 0 Å². The normalized spacial score (nSPS) is 15.4. The molecule has 106 valence electrons. The summed E-state index contributed by atoms with van der Waals surface area (Å²) in [5.41, 5.74) is -0.152. The zero-order valence-corrected chi connectivity index (χ0v) is 12.0. The van der Waals surface area contributed by atoms with Gasteiger partial charge in [0.25, 0.3) is 0 Å². The van der Waals surface area contributed by atoms with Gasteiger partial charge in [-0.05, 0) is 24.6 Å². The summed E-state index contributed by atoms with van der Waals surface area (Å²) >= 11 is 11.7. The molecule has 2 rings (SSSR count). The molecular formula is C14H12Cl2O4. The summed E-state index contributed by atoms with van der Waals surface area (Å²) in [7, 11) is 0. The number of allylic oxidation sites excluding steroid dienone is 1. The number of aliphatic hydroxyl groups is 1. The third-order valence-corrected chi connectivity index (χ3v) is 3.44. The Hall–Kier alpha value is -1.52. The molecule has 0 radical (unpaired) electrons. The minimum Gasteiger partial charge on any atom is -0.508 e. The van der Waals surface area contributed by atoms with Crippen LogP contribution in [0.5, 0.6) is 5.75 Å². The van der Waals surface area contributed by atoms with E-state index in [0.717, 1.165) is 0 Å². The van der Waals surface area contributed by atoms with Crippen LogP contribution < -0.4 is 4.74 Å². The molecule has 6 heteroatoms. The first kappa shape index (κ1) is 14.9. The van der Waals surface area contributed by atoms with Crippen molar-refractivity contribution in [1.82, 2.24) is 0 Å². The van der Waals surface area contributed by atoms with Crippen LogP contribution in [0.4, 0.5) is 0 Å². The van der Waals surface area contributed by atoms with Crippen molar-refractivity contribution in [2.24, 2.45) is 0 Å². The average Bonchev–Trinajstić information content (AvgIpc) is 2.37. The Kier molecular flexibility index (Phi) is 4.68. The number of carbonyl (C=O) groups is 2. The molecule has 0 saturated heterocycles. The maximum absolute atomic E-state index is 11.6. The molecule has 0 heterocycles. The first-order valence-electron chi connectivity index (χ1n) is 6.05.